The van der Waals surface area contributed by atoms with Crippen molar-refractivity contribution >= 4 is 11.8 Å². The van der Waals surface area contributed by atoms with Crippen LogP contribution in [0.4, 0.5) is 0 Å². The number of likely N-dealkylation sites (N-methyl/N-ethyl adjacent to an activating group) is 1. The molecule has 2 rings (SSSR count). The van der Waals surface area contributed by atoms with Gasteiger partial charge in [-0.3, -0.25) is 0 Å². The van der Waals surface area contributed by atoms with Gasteiger partial charge in [0.1, 0.15) is 0 Å². The fourth-order valence-electron chi connectivity index (χ4n) is 1.47. The number of thioether (sulfide) groups is 1. The van der Waals surface area contributed by atoms with Crippen LogP contribution in [0.1, 0.15) is 0 Å². The van der Waals surface area contributed by atoms with Crippen LogP contribution in [-0.2, 0) is 0 Å². The quantitative estimate of drug-likeness (QED) is 0.733. The number of nitrogens with zero attached hydrogens (tertiary/aromatic N) is 4. The van der Waals surface area contributed by atoms with Crippen LogP contribution >= 0.6 is 11.8 Å². The lowest BCUT2D eigenvalue weighted by molar-refractivity contribution is 0.199. The van der Waals surface area contributed by atoms with Crippen LogP contribution in [0.3, 0.4) is 0 Å². The molecule has 18 heavy (non-hydrogen) atoms. The lowest BCUT2D eigenvalue weighted by Gasteiger charge is -2.08. The van der Waals surface area contributed by atoms with Crippen molar-refractivity contribution in [1.82, 2.24) is 25.5 Å². The fourth-order valence-corrected chi connectivity index (χ4v) is 2.28. The lowest BCUT2D eigenvalue weighted by atomic mass is 10.3. The number of aliphatic hydroxyl groups excluding tert-OH is 1. The molecule has 0 aliphatic heterocycles. The van der Waals surface area contributed by atoms with Crippen LogP contribution in [0.5, 0.6) is 0 Å². The molecule has 0 spiro atoms. The molecule has 0 aliphatic rings. The van der Waals surface area contributed by atoms with E-state index in [-0.39, 0.29) is 0 Å². The Morgan fingerprint density at radius 3 is 2.89 bits per heavy atom. The van der Waals surface area contributed by atoms with Crippen molar-refractivity contribution in [3.8, 4) is 5.69 Å². The average Bonchev–Trinajstić information content (AvgIpc) is 2.86. The van der Waals surface area contributed by atoms with Gasteiger partial charge >= 0.3 is 0 Å². The summed E-state index contributed by atoms with van der Waals surface area (Å²) in [5.74, 6) is 0.550. The summed E-state index contributed by atoms with van der Waals surface area (Å²) in [6, 6.07) is 9.68. The third-order valence-electron chi connectivity index (χ3n) is 2.29. The number of rotatable bonds is 6. The molecule has 0 saturated heterocycles. The van der Waals surface area contributed by atoms with Crippen LogP contribution in [0.15, 0.2) is 35.5 Å². The van der Waals surface area contributed by atoms with Gasteiger partial charge in [-0.1, -0.05) is 30.0 Å². The maximum absolute atomic E-state index is 9.65. The Balaban J connectivity index is 2.05. The van der Waals surface area contributed by atoms with Crippen LogP contribution in [0.25, 0.3) is 5.69 Å². The second kappa shape index (κ2) is 6.48. The van der Waals surface area contributed by atoms with E-state index in [2.05, 4.69) is 20.8 Å². The number of hydrogen-bond acceptors (Lipinski definition) is 6. The molecular formula is C11H15N5OS. The van der Waals surface area contributed by atoms with Gasteiger partial charge in [0.2, 0.25) is 5.16 Å². The Labute approximate surface area is 109 Å². The molecule has 0 aliphatic carbocycles. The molecule has 1 aromatic carbocycles. The molecule has 1 unspecified atom stereocenters. The van der Waals surface area contributed by atoms with E-state index in [0.717, 1.165) is 5.69 Å². The van der Waals surface area contributed by atoms with Crippen LogP contribution in [-0.4, -0.2) is 50.8 Å². The molecule has 1 heterocycles. The second-order valence-corrected chi connectivity index (χ2v) is 4.72. The van der Waals surface area contributed by atoms with E-state index in [9.17, 15) is 5.11 Å². The highest BCUT2D eigenvalue weighted by molar-refractivity contribution is 7.99. The molecule has 2 aromatic rings. The number of hydrogen-bond donors (Lipinski definition) is 2. The molecule has 0 bridgehead atoms. The van der Waals surface area contributed by atoms with Crippen molar-refractivity contribution in [1.29, 1.82) is 0 Å². The van der Waals surface area contributed by atoms with Gasteiger partial charge in [0.25, 0.3) is 0 Å². The summed E-state index contributed by atoms with van der Waals surface area (Å²) in [5.41, 5.74) is 0.910. The molecule has 0 saturated carbocycles. The van der Waals surface area contributed by atoms with Gasteiger partial charge in [-0.2, -0.15) is 4.68 Å². The lowest BCUT2D eigenvalue weighted by Crippen LogP contribution is -2.25. The topological polar surface area (TPSA) is 75.9 Å². The van der Waals surface area contributed by atoms with Crippen molar-refractivity contribution in [3.63, 3.8) is 0 Å². The number of para-hydroxylation sites is 1. The van der Waals surface area contributed by atoms with Gasteiger partial charge in [-0.05, 0) is 29.6 Å². The first kappa shape index (κ1) is 13.0. The van der Waals surface area contributed by atoms with Gasteiger partial charge < -0.3 is 10.4 Å². The number of tetrazole rings is 1. The minimum absolute atomic E-state index is 0.416. The zero-order valence-corrected chi connectivity index (χ0v) is 10.8. The van der Waals surface area contributed by atoms with E-state index in [4.69, 9.17) is 0 Å². The first-order chi connectivity index (χ1) is 8.81. The molecule has 1 atom stereocenters. The minimum Gasteiger partial charge on any atom is -0.391 e. The van der Waals surface area contributed by atoms with E-state index >= 15 is 0 Å². The predicted molar refractivity (Wildman–Crippen MR) is 69.8 cm³/mol. The first-order valence-electron chi connectivity index (χ1n) is 5.60. The normalized spacial score (nSPS) is 12.6. The van der Waals surface area contributed by atoms with E-state index in [0.29, 0.717) is 17.5 Å². The third kappa shape index (κ3) is 3.28. The van der Waals surface area contributed by atoms with E-state index in [1.165, 1.54) is 11.8 Å². The molecule has 96 valence electrons. The van der Waals surface area contributed by atoms with Crippen molar-refractivity contribution < 1.29 is 5.11 Å². The largest absolute Gasteiger partial charge is 0.391 e. The molecule has 7 heteroatoms. The highest BCUT2D eigenvalue weighted by Gasteiger charge is 2.11. The molecular weight excluding hydrogens is 250 g/mol. The van der Waals surface area contributed by atoms with Crippen LogP contribution in [0, 0.1) is 0 Å². The van der Waals surface area contributed by atoms with Crippen LogP contribution < -0.4 is 5.32 Å². The van der Waals surface area contributed by atoms with Crippen LogP contribution in [0.2, 0.25) is 0 Å². The van der Waals surface area contributed by atoms with E-state index in [1.807, 2.05) is 37.4 Å². The van der Waals surface area contributed by atoms with Gasteiger partial charge in [0, 0.05) is 12.3 Å². The van der Waals surface area contributed by atoms with Crippen molar-refractivity contribution in [2.45, 2.75) is 11.3 Å². The molecule has 0 amide bonds. The Bertz CT molecular complexity index is 475. The maximum atomic E-state index is 9.65. The fraction of sp³-hybridized carbons (Fsp3) is 0.364. The first-order valence-corrected chi connectivity index (χ1v) is 6.59. The van der Waals surface area contributed by atoms with Crippen molar-refractivity contribution in [2.24, 2.45) is 0 Å². The zero-order valence-electron chi connectivity index (χ0n) is 10.0. The Hall–Kier alpha value is -1.44. The van der Waals surface area contributed by atoms with Crippen molar-refractivity contribution in [3.05, 3.63) is 30.3 Å². The standard InChI is InChI=1S/C11H15N5OS/c1-12-7-10(17)8-18-11-13-14-15-16(11)9-5-3-2-4-6-9/h2-6,10,12,17H,7-8H2,1H3. The molecule has 2 N–H and O–H groups in total. The molecule has 0 fully saturated rings. The summed E-state index contributed by atoms with van der Waals surface area (Å²) in [4.78, 5) is 0. The summed E-state index contributed by atoms with van der Waals surface area (Å²) >= 11 is 1.43. The highest BCUT2D eigenvalue weighted by Crippen LogP contribution is 2.18. The number of nitrogens with one attached hydrogen (secondary N) is 1. The smallest absolute Gasteiger partial charge is 0.214 e. The summed E-state index contributed by atoms with van der Waals surface area (Å²) in [6.07, 6.45) is -0.416. The SMILES string of the molecule is CNCC(O)CSc1nnnn1-c1ccccc1. The summed E-state index contributed by atoms with van der Waals surface area (Å²) < 4.78 is 1.66. The molecule has 1 aromatic heterocycles. The molecule has 6 nitrogen and oxygen atoms in total. The van der Waals surface area contributed by atoms with Gasteiger partial charge in [0.15, 0.2) is 0 Å². The Morgan fingerprint density at radius 2 is 2.17 bits per heavy atom. The zero-order chi connectivity index (χ0) is 12.8. The second-order valence-electron chi connectivity index (χ2n) is 3.73. The van der Waals surface area contributed by atoms with Gasteiger partial charge in [-0.15, -0.1) is 5.10 Å². The summed E-state index contributed by atoms with van der Waals surface area (Å²) in [5, 5.41) is 24.8. The Morgan fingerprint density at radius 1 is 1.39 bits per heavy atom. The maximum Gasteiger partial charge on any atom is 0.214 e. The monoisotopic (exact) mass is 265 g/mol. The summed E-state index contributed by atoms with van der Waals surface area (Å²) in [6.45, 7) is 0.555. The van der Waals surface area contributed by atoms with E-state index < -0.39 is 6.10 Å². The number of benzene rings is 1. The summed E-state index contributed by atoms with van der Waals surface area (Å²) in [7, 11) is 1.81. The average molecular weight is 265 g/mol. The number of aromatic nitrogens is 4. The molecule has 0 radical (unpaired) electrons. The predicted octanol–water partition coefficient (Wildman–Crippen LogP) is 0.335. The third-order valence-corrected chi connectivity index (χ3v) is 3.35. The Kier molecular flexibility index (Phi) is 4.68. The van der Waals surface area contributed by atoms with Gasteiger partial charge in [0.05, 0.1) is 11.8 Å². The highest BCUT2D eigenvalue weighted by atomic mass is 32.2. The minimum atomic E-state index is -0.416. The van der Waals surface area contributed by atoms with Gasteiger partial charge in [-0.25, -0.2) is 0 Å². The number of aliphatic hydroxyl groups is 1. The van der Waals surface area contributed by atoms with E-state index in [1.54, 1.807) is 4.68 Å². The van der Waals surface area contributed by atoms with Crippen molar-refractivity contribution in [2.75, 3.05) is 19.3 Å².